The van der Waals surface area contributed by atoms with Gasteiger partial charge in [0.05, 0.1) is 0 Å². The van der Waals surface area contributed by atoms with Crippen LogP contribution in [0.15, 0.2) is 18.2 Å². The monoisotopic (exact) mass is 332 g/mol. The van der Waals surface area contributed by atoms with Gasteiger partial charge in [-0.3, -0.25) is 0 Å². The molecule has 0 amide bonds. The van der Waals surface area contributed by atoms with Crippen LogP contribution in [0.2, 0.25) is 0 Å². The van der Waals surface area contributed by atoms with Crippen molar-refractivity contribution in [1.29, 1.82) is 0 Å². The van der Waals surface area contributed by atoms with Gasteiger partial charge in [0.2, 0.25) is 0 Å². The number of benzene rings is 1. The first-order valence-corrected chi connectivity index (χ1v) is 11.2. The minimum atomic E-state index is 0.761. The van der Waals surface area contributed by atoms with Crippen molar-refractivity contribution in [3.63, 3.8) is 0 Å². The van der Waals surface area contributed by atoms with Crippen LogP contribution >= 0.6 is 8.58 Å². The van der Waals surface area contributed by atoms with Gasteiger partial charge in [0.15, 0.2) is 0 Å². The van der Waals surface area contributed by atoms with Gasteiger partial charge in [-0.25, -0.2) is 0 Å². The number of hydrogen-bond acceptors (Lipinski definition) is 0. The molecule has 1 aliphatic rings. The summed E-state index contributed by atoms with van der Waals surface area (Å²) in [6.45, 7) is 9.49. The number of unbranched alkanes of at least 4 members (excludes halogenated alkanes) is 2. The van der Waals surface area contributed by atoms with Gasteiger partial charge in [-0.2, -0.15) is 0 Å². The first-order chi connectivity index (χ1) is 11.2. The van der Waals surface area contributed by atoms with E-state index in [1.807, 2.05) is 0 Å². The Kier molecular flexibility index (Phi) is 8.11. The second-order valence-electron chi connectivity index (χ2n) is 7.48. The summed E-state index contributed by atoms with van der Waals surface area (Å²) in [5, 5.41) is 0. The van der Waals surface area contributed by atoms with Gasteiger partial charge in [0.25, 0.3) is 0 Å². The molecule has 0 aliphatic carbocycles. The van der Waals surface area contributed by atoms with Crippen molar-refractivity contribution in [1.82, 2.24) is 0 Å². The van der Waals surface area contributed by atoms with Crippen molar-refractivity contribution in [2.24, 2.45) is 0 Å². The summed E-state index contributed by atoms with van der Waals surface area (Å²) in [4.78, 5) is 0. The molecule has 1 heteroatoms. The van der Waals surface area contributed by atoms with E-state index < -0.39 is 0 Å². The highest BCUT2D eigenvalue weighted by Gasteiger charge is 2.29. The normalized spacial score (nSPS) is 23.5. The maximum atomic E-state index is 2.55. The maximum Gasteiger partial charge on any atom is -0.0122 e. The van der Waals surface area contributed by atoms with E-state index in [-0.39, 0.29) is 0 Å². The van der Waals surface area contributed by atoms with Crippen molar-refractivity contribution >= 4 is 8.58 Å². The molecule has 1 heterocycles. The smallest absolute Gasteiger partial charge is 0.0122 e. The third kappa shape index (κ3) is 5.32. The highest BCUT2D eigenvalue weighted by atomic mass is 31.1. The van der Waals surface area contributed by atoms with Gasteiger partial charge < -0.3 is 0 Å². The Balaban J connectivity index is 2.14. The summed E-state index contributed by atoms with van der Waals surface area (Å²) < 4.78 is 0. The molecular formula is C22H37P. The number of rotatable bonds is 9. The zero-order valence-electron chi connectivity index (χ0n) is 15.8. The van der Waals surface area contributed by atoms with Gasteiger partial charge in [0.1, 0.15) is 0 Å². The fraction of sp³-hybridized carbons (Fsp3) is 0.727. The molecule has 0 bridgehead atoms. The van der Waals surface area contributed by atoms with Crippen LogP contribution in [0.4, 0.5) is 0 Å². The summed E-state index contributed by atoms with van der Waals surface area (Å²) in [5.74, 6) is 0.761. The Labute approximate surface area is 146 Å². The summed E-state index contributed by atoms with van der Waals surface area (Å²) in [5.41, 5.74) is 6.87. The quantitative estimate of drug-likeness (QED) is 0.423. The Morgan fingerprint density at radius 3 is 2.43 bits per heavy atom. The van der Waals surface area contributed by atoms with E-state index in [1.54, 1.807) is 16.7 Å². The van der Waals surface area contributed by atoms with Crippen molar-refractivity contribution in [2.45, 2.75) is 103 Å². The number of aryl methyl sites for hydroxylation is 2. The molecule has 0 radical (unpaired) electrons. The molecule has 1 saturated heterocycles. The molecule has 0 nitrogen and oxygen atoms in total. The van der Waals surface area contributed by atoms with Crippen molar-refractivity contribution in [3.05, 3.63) is 34.9 Å². The molecule has 2 rings (SSSR count). The summed E-state index contributed by atoms with van der Waals surface area (Å²) >= 11 is 0. The average Bonchev–Trinajstić information content (AvgIpc) is 3.06. The van der Waals surface area contributed by atoms with Gasteiger partial charge in [-0.1, -0.05) is 58.7 Å². The maximum absolute atomic E-state index is 2.55. The fourth-order valence-electron chi connectivity index (χ4n) is 4.01. The first-order valence-electron chi connectivity index (χ1n) is 10.1. The molecule has 0 saturated carbocycles. The SMILES string of the molecule is CCCCc1ccc(C(C)C2CCC(CC)P2)c(CCCC)c1. The summed E-state index contributed by atoms with van der Waals surface area (Å²) in [7, 11) is 1.19. The molecule has 0 N–H and O–H groups in total. The van der Waals surface area contributed by atoms with Crippen LogP contribution in [0, 0.1) is 0 Å². The molecule has 0 aromatic heterocycles. The standard InChI is InChI=1S/C22H37P/c1-5-8-10-18-12-14-21(19(16-18)11-9-6-2)17(4)22-15-13-20(7-3)23-22/h12,14,16-17,20,22-23H,5-11,13,15H2,1-4H3. The second-order valence-corrected chi connectivity index (χ2v) is 9.38. The lowest BCUT2D eigenvalue weighted by Gasteiger charge is -2.23. The Morgan fingerprint density at radius 2 is 1.78 bits per heavy atom. The van der Waals surface area contributed by atoms with Crippen molar-refractivity contribution in [2.75, 3.05) is 0 Å². The Morgan fingerprint density at radius 1 is 1.04 bits per heavy atom. The minimum Gasteiger partial charge on any atom is -0.115 e. The lowest BCUT2D eigenvalue weighted by atomic mass is 9.87. The zero-order valence-corrected chi connectivity index (χ0v) is 16.8. The van der Waals surface area contributed by atoms with Crippen LogP contribution in [-0.4, -0.2) is 11.3 Å². The largest absolute Gasteiger partial charge is 0.115 e. The molecule has 1 fully saturated rings. The van der Waals surface area contributed by atoms with Gasteiger partial charge in [0, 0.05) is 0 Å². The van der Waals surface area contributed by atoms with Crippen LogP contribution in [0.1, 0.15) is 95.2 Å². The first kappa shape index (κ1) is 19.0. The van der Waals surface area contributed by atoms with Crippen LogP contribution in [0.5, 0.6) is 0 Å². The van der Waals surface area contributed by atoms with Crippen LogP contribution in [-0.2, 0) is 12.8 Å². The molecule has 23 heavy (non-hydrogen) atoms. The molecule has 1 aromatic carbocycles. The molecule has 0 spiro atoms. The van der Waals surface area contributed by atoms with E-state index in [1.165, 1.54) is 66.4 Å². The van der Waals surface area contributed by atoms with Gasteiger partial charge in [-0.15, -0.1) is 8.58 Å². The fourth-order valence-corrected chi connectivity index (χ4v) is 5.98. The topological polar surface area (TPSA) is 0 Å². The zero-order chi connectivity index (χ0) is 16.7. The minimum absolute atomic E-state index is 0.761. The Bertz CT molecular complexity index is 465. The van der Waals surface area contributed by atoms with Crippen LogP contribution in [0.3, 0.4) is 0 Å². The van der Waals surface area contributed by atoms with Gasteiger partial charge >= 0.3 is 0 Å². The number of hydrogen-bond donors (Lipinski definition) is 0. The van der Waals surface area contributed by atoms with E-state index in [2.05, 4.69) is 45.9 Å². The van der Waals surface area contributed by atoms with E-state index >= 15 is 0 Å². The Hall–Kier alpha value is -0.350. The molecule has 4 unspecified atom stereocenters. The highest BCUT2D eigenvalue weighted by Crippen LogP contribution is 2.48. The van der Waals surface area contributed by atoms with E-state index in [0.717, 1.165) is 17.2 Å². The molecule has 130 valence electrons. The predicted molar refractivity (Wildman–Crippen MR) is 107 cm³/mol. The average molecular weight is 333 g/mol. The lowest BCUT2D eigenvalue weighted by molar-refractivity contribution is 0.635. The molecule has 1 aliphatic heterocycles. The summed E-state index contributed by atoms with van der Waals surface area (Å²) in [6, 6.07) is 7.46. The highest BCUT2D eigenvalue weighted by molar-refractivity contribution is 7.40. The van der Waals surface area contributed by atoms with Crippen molar-refractivity contribution in [3.8, 4) is 0 Å². The van der Waals surface area contributed by atoms with Crippen LogP contribution < -0.4 is 0 Å². The lowest BCUT2D eigenvalue weighted by Crippen LogP contribution is -2.11. The molecular weight excluding hydrogens is 295 g/mol. The van der Waals surface area contributed by atoms with Crippen molar-refractivity contribution < 1.29 is 0 Å². The third-order valence-corrected chi connectivity index (χ3v) is 8.07. The summed E-state index contributed by atoms with van der Waals surface area (Å²) in [6.07, 6.45) is 12.1. The second kappa shape index (κ2) is 9.83. The molecule has 1 aromatic rings. The third-order valence-electron chi connectivity index (χ3n) is 5.69. The molecule has 4 atom stereocenters. The predicted octanol–water partition coefficient (Wildman–Crippen LogP) is 7.09. The van der Waals surface area contributed by atoms with Gasteiger partial charge in [-0.05, 0) is 78.9 Å². The van der Waals surface area contributed by atoms with E-state index in [9.17, 15) is 0 Å². The van der Waals surface area contributed by atoms with E-state index in [0.29, 0.717) is 0 Å². The van der Waals surface area contributed by atoms with E-state index in [4.69, 9.17) is 0 Å². The van der Waals surface area contributed by atoms with Crippen LogP contribution in [0.25, 0.3) is 0 Å².